The van der Waals surface area contributed by atoms with Crippen molar-refractivity contribution in [1.82, 2.24) is 0 Å². The Bertz CT molecular complexity index is 642. The third-order valence-electron chi connectivity index (χ3n) is 2.27. The fourth-order valence-corrected chi connectivity index (χ4v) is 2.32. The third-order valence-corrected chi connectivity index (χ3v) is 3.19. The summed E-state index contributed by atoms with van der Waals surface area (Å²) in [6.07, 6.45) is 0. The van der Waals surface area contributed by atoms with Crippen LogP contribution in [0.5, 0.6) is 0 Å². The molecule has 0 bridgehead atoms. The zero-order valence-electron chi connectivity index (χ0n) is 9.11. The Hall–Kier alpha value is -2.43. The van der Waals surface area contributed by atoms with Crippen molar-refractivity contribution in [2.24, 2.45) is 5.11 Å². The van der Waals surface area contributed by atoms with Gasteiger partial charge in [0.05, 0.1) is 4.88 Å². The summed E-state index contributed by atoms with van der Waals surface area (Å²) in [5, 5.41) is 4.62. The van der Waals surface area contributed by atoms with Crippen LogP contribution in [0.15, 0.2) is 46.9 Å². The van der Waals surface area contributed by atoms with Crippen molar-refractivity contribution < 1.29 is 9.59 Å². The lowest BCUT2D eigenvalue weighted by Crippen LogP contribution is -2.04. The highest BCUT2D eigenvalue weighted by molar-refractivity contribution is 7.12. The maximum Gasteiger partial charge on any atom is 0.250 e. The number of hydrogen-bond acceptors (Lipinski definition) is 3. The van der Waals surface area contributed by atoms with E-state index in [1.165, 1.54) is 6.07 Å². The molecule has 0 saturated carbocycles. The molecule has 1 amide bonds. The number of nitrogens with zero attached hydrogens (tertiary/aromatic N) is 3. The van der Waals surface area contributed by atoms with Crippen molar-refractivity contribution in [3.8, 4) is 0 Å². The van der Waals surface area contributed by atoms with Gasteiger partial charge in [-0.2, -0.15) is 0 Å². The number of carbonyl (C=O) groups excluding carboxylic acids is 2. The lowest BCUT2D eigenvalue weighted by atomic mass is 10.1. The highest BCUT2D eigenvalue weighted by atomic mass is 32.1. The Morgan fingerprint density at radius 1 is 1.17 bits per heavy atom. The van der Waals surface area contributed by atoms with E-state index in [0.717, 1.165) is 11.3 Å². The molecule has 0 aliphatic rings. The van der Waals surface area contributed by atoms with E-state index in [9.17, 15) is 9.59 Å². The number of hydrogen-bond donors (Lipinski definition) is 0. The lowest BCUT2D eigenvalue weighted by molar-refractivity contribution is 0.0983. The molecule has 0 radical (unpaired) electrons. The van der Waals surface area contributed by atoms with Crippen molar-refractivity contribution in [1.29, 1.82) is 0 Å². The van der Waals surface area contributed by atoms with Gasteiger partial charge in [-0.1, -0.05) is 30.3 Å². The van der Waals surface area contributed by atoms with E-state index < -0.39 is 5.91 Å². The second-order valence-corrected chi connectivity index (χ2v) is 4.27. The highest BCUT2D eigenvalue weighted by Crippen LogP contribution is 2.21. The fourth-order valence-electron chi connectivity index (χ4n) is 1.47. The summed E-state index contributed by atoms with van der Waals surface area (Å²) < 4.78 is 0. The molecule has 88 valence electrons. The minimum absolute atomic E-state index is 0.145. The van der Waals surface area contributed by atoms with Gasteiger partial charge in [-0.25, -0.2) is 0 Å². The summed E-state index contributed by atoms with van der Waals surface area (Å²) in [6.45, 7) is 0. The molecular formula is C12H7N3O2S. The van der Waals surface area contributed by atoms with Crippen molar-refractivity contribution in [2.45, 2.75) is 0 Å². The summed E-state index contributed by atoms with van der Waals surface area (Å²) in [5.74, 6) is -0.986. The molecule has 0 fully saturated rings. The van der Waals surface area contributed by atoms with Gasteiger partial charge in [-0.15, -0.1) is 11.3 Å². The first-order valence-electron chi connectivity index (χ1n) is 5.00. The molecule has 2 rings (SSSR count). The van der Waals surface area contributed by atoms with Crippen LogP contribution in [-0.2, 0) is 0 Å². The fraction of sp³-hybridized carbons (Fsp3) is 0. The maximum atomic E-state index is 12.2. The predicted molar refractivity (Wildman–Crippen MR) is 67.7 cm³/mol. The minimum Gasteiger partial charge on any atom is -0.288 e. The van der Waals surface area contributed by atoms with E-state index in [1.54, 1.807) is 35.7 Å². The van der Waals surface area contributed by atoms with E-state index in [4.69, 9.17) is 5.53 Å². The Morgan fingerprint density at radius 3 is 2.56 bits per heavy atom. The Morgan fingerprint density at radius 2 is 1.89 bits per heavy atom. The van der Waals surface area contributed by atoms with Gasteiger partial charge in [0.2, 0.25) is 5.78 Å². The Balaban J connectivity index is 2.41. The average molecular weight is 257 g/mol. The first-order valence-corrected chi connectivity index (χ1v) is 5.88. The molecule has 2 aromatic rings. The smallest absolute Gasteiger partial charge is 0.250 e. The van der Waals surface area contributed by atoms with Crippen LogP contribution in [0.4, 0.5) is 0 Å². The largest absolute Gasteiger partial charge is 0.288 e. The third kappa shape index (κ3) is 2.29. The SMILES string of the molecule is [N-]=[N+]=NC(=O)c1ccsc1C(=O)c1ccccc1. The van der Waals surface area contributed by atoms with Crippen molar-refractivity contribution >= 4 is 23.0 Å². The summed E-state index contributed by atoms with van der Waals surface area (Å²) in [4.78, 5) is 26.4. The molecule has 0 N–H and O–H groups in total. The van der Waals surface area contributed by atoms with Gasteiger partial charge in [0, 0.05) is 16.0 Å². The van der Waals surface area contributed by atoms with Crippen LogP contribution in [-0.4, -0.2) is 11.7 Å². The van der Waals surface area contributed by atoms with Gasteiger partial charge >= 0.3 is 0 Å². The molecule has 0 spiro atoms. The van der Waals surface area contributed by atoms with Gasteiger partial charge in [-0.3, -0.25) is 9.59 Å². The van der Waals surface area contributed by atoms with Gasteiger partial charge in [0.15, 0.2) is 0 Å². The van der Waals surface area contributed by atoms with E-state index >= 15 is 0 Å². The van der Waals surface area contributed by atoms with Gasteiger partial charge < -0.3 is 0 Å². The molecular weight excluding hydrogens is 250 g/mol. The molecule has 1 aromatic carbocycles. The maximum absolute atomic E-state index is 12.2. The molecule has 0 aliphatic carbocycles. The number of ketones is 1. The van der Waals surface area contributed by atoms with Gasteiger partial charge in [0.25, 0.3) is 5.91 Å². The minimum atomic E-state index is -0.738. The number of carbonyl (C=O) groups is 2. The average Bonchev–Trinajstić information content (AvgIpc) is 2.88. The summed E-state index contributed by atoms with van der Waals surface area (Å²) in [5.41, 5.74) is 8.88. The normalized spacial score (nSPS) is 9.56. The molecule has 1 aromatic heterocycles. The first-order chi connectivity index (χ1) is 8.74. The lowest BCUT2D eigenvalue weighted by Gasteiger charge is -1.99. The molecule has 0 saturated heterocycles. The monoisotopic (exact) mass is 257 g/mol. The van der Waals surface area contributed by atoms with Crippen LogP contribution in [0, 0.1) is 0 Å². The number of benzene rings is 1. The van der Waals surface area contributed by atoms with Crippen LogP contribution in [0.1, 0.15) is 25.6 Å². The van der Waals surface area contributed by atoms with Crippen LogP contribution in [0.2, 0.25) is 0 Å². The summed E-state index contributed by atoms with van der Waals surface area (Å²) in [6, 6.07) is 10.1. The first kappa shape index (κ1) is 12.0. The second kappa shape index (κ2) is 5.27. The predicted octanol–water partition coefficient (Wildman–Crippen LogP) is 3.43. The topological polar surface area (TPSA) is 82.9 Å². The molecule has 5 nitrogen and oxygen atoms in total. The quantitative estimate of drug-likeness (QED) is 0.365. The zero-order chi connectivity index (χ0) is 13.0. The Kier molecular flexibility index (Phi) is 3.52. The molecule has 18 heavy (non-hydrogen) atoms. The zero-order valence-corrected chi connectivity index (χ0v) is 9.92. The van der Waals surface area contributed by atoms with E-state index in [0.29, 0.717) is 10.4 Å². The van der Waals surface area contributed by atoms with Crippen molar-refractivity contribution in [2.75, 3.05) is 0 Å². The number of azide groups is 1. The molecule has 6 heteroatoms. The van der Waals surface area contributed by atoms with E-state index in [-0.39, 0.29) is 11.3 Å². The summed E-state index contributed by atoms with van der Waals surface area (Å²) in [7, 11) is 0. The van der Waals surface area contributed by atoms with Gasteiger partial charge in [0.1, 0.15) is 0 Å². The number of rotatable bonds is 3. The molecule has 0 atom stereocenters. The molecule has 0 aliphatic heterocycles. The van der Waals surface area contributed by atoms with E-state index in [1.807, 2.05) is 0 Å². The summed E-state index contributed by atoms with van der Waals surface area (Å²) >= 11 is 1.15. The molecule has 0 unspecified atom stereocenters. The van der Waals surface area contributed by atoms with Gasteiger partial charge in [-0.05, 0) is 22.1 Å². The van der Waals surface area contributed by atoms with Crippen LogP contribution in [0.25, 0.3) is 10.4 Å². The molecule has 1 heterocycles. The second-order valence-electron chi connectivity index (χ2n) is 3.35. The van der Waals surface area contributed by atoms with Crippen LogP contribution < -0.4 is 0 Å². The Labute approximate surface area is 106 Å². The van der Waals surface area contributed by atoms with Crippen LogP contribution in [0.3, 0.4) is 0 Å². The highest BCUT2D eigenvalue weighted by Gasteiger charge is 2.18. The van der Waals surface area contributed by atoms with Crippen molar-refractivity contribution in [3.63, 3.8) is 0 Å². The standard InChI is InChI=1S/C12H7N3O2S/c13-15-14-12(17)9-6-7-18-11(9)10(16)8-4-2-1-3-5-8/h1-7H. The van der Waals surface area contributed by atoms with Crippen LogP contribution >= 0.6 is 11.3 Å². The number of amides is 1. The van der Waals surface area contributed by atoms with Crippen molar-refractivity contribution in [3.05, 3.63) is 68.2 Å². The van der Waals surface area contributed by atoms with E-state index in [2.05, 4.69) is 10.0 Å². The number of thiophene rings is 1.